The second kappa shape index (κ2) is 9.64. The van der Waals surface area contributed by atoms with Gasteiger partial charge in [-0.15, -0.1) is 0 Å². The van der Waals surface area contributed by atoms with Crippen molar-refractivity contribution in [1.82, 2.24) is 4.90 Å². The highest BCUT2D eigenvalue weighted by Crippen LogP contribution is 2.53. The molecule has 1 amide bonds. The molecule has 0 heterocycles. The second-order valence-corrected chi connectivity index (χ2v) is 12.0. The molecule has 4 aliphatic rings. The molecule has 0 aliphatic heterocycles. The average Bonchev–Trinajstić information content (AvgIpc) is 2.85. The highest BCUT2D eigenvalue weighted by atomic mass is 35.5. The lowest BCUT2D eigenvalue weighted by atomic mass is 9.59. The molecule has 0 spiro atoms. The number of primary amides is 1. The van der Waals surface area contributed by atoms with Gasteiger partial charge in [-0.05, 0) is 67.2 Å². The van der Waals surface area contributed by atoms with Crippen LogP contribution in [0.4, 0.5) is 0 Å². The molecule has 39 heavy (non-hydrogen) atoms. The van der Waals surface area contributed by atoms with Crippen LogP contribution in [0, 0.1) is 17.3 Å². The number of halogens is 1. The fourth-order valence-electron chi connectivity index (χ4n) is 7.13. The number of aliphatic hydroxyl groups excluding tert-OH is 2. The molecule has 0 radical (unpaired) electrons. The zero-order valence-electron chi connectivity index (χ0n) is 22.2. The molecule has 10 heteroatoms. The molecular weight excluding hydrogens is 524 g/mol. The minimum Gasteiger partial charge on any atom is -0.508 e. The number of phenols is 1. The molecular formula is C29H35ClN2O7. The number of ketones is 2. The highest BCUT2D eigenvalue weighted by Gasteiger charge is 2.60. The number of nitrogens with zero attached hydrogens (tertiary/aromatic N) is 1. The van der Waals surface area contributed by atoms with Crippen LogP contribution in [0.25, 0.3) is 5.76 Å². The number of nitrogens with two attached hydrogens (primary N) is 1. The van der Waals surface area contributed by atoms with E-state index in [0.29, 0.717) is 22.5 Å². The Morgan fingerprint density at radius 1 is 1.18 bits per heavy atom. The number of carbonyl (C=O) groups is 3. The molecule has 9 nitrogen and oxygen atoms in total. The minimum atomic E-state index is -2.58. The lowest BCUT2D eigenvalue weighted by Gasteiger charge is -2.46. The third-order valence-corrected chi connectivity index (χ3v) is 10.1. The summed E-state index contributed by atoms with van der Waals surface area (Å²) in [6.45, 7) is 6.56. The number of aliphatic hydroxyl groups is 3. The van der Waals surface area contributed by atoms with E-state index in [0.717, 1.165) is 25.1 Å². The summed E-state index contributed by atoms with van der Waals surface area (Å²) in [5.41, 5.74) is 3.22. The van der Waals surface area contributed by atoms with Gasteiger partial charge in [0, 0.05) is 36.0 Å². The van der Waals surface area contributed by atoms with E-state index < -0.39 is 52.0 Å². The molecule has 1 aromatic rings. The van der Waals surface area contributed by atoms with Crippen LogP contribution in [0.3, 0.4) is 0 Å². The summed E-state index contributed by atoms with van der Waals surface area (Å²) >= 11 is 6.89. The number of benzene rings is 1. The molecule has 210 valence electrons. The smallest absolute Gasteiger partial charge is 0.255 e. The lowest BCUT2D eigenvalue weighted by Crippen LogP contribution is -2.58. The Labute approximate surface area is 231 Å². The Morgan fingerprint density at radius 2 is 1.87 bits per heavy atom. The summed E-state index contributed by atoms with van der Waals surface area (Å²) in [6, 6.07) is 1.51. The third-order valence-electron chi connectivity index (χ3n) is 9.64. The Bertz CT molecular complexity index is 1340. The summed E-state index contributed by atoms with van der Waals surface area (Å²) < 4.78 is 0. The number of amides is 1. The van der Waals surface area contributed by atoms with Gasteiger partial charge in [0.25, 0.3) is 5.91 Å². The zero-order valence-corrected chi connectivity index (χ0v) is 23.0. The van der Waals surface area contributed by atoms with E-state index in [1.165, 1.54) is 25.3 Å². The van der Waals surface area contributed by atoms with Crippen LogP contribution in [0.1, 0.15) is 69.1 Å². The standard InChI is InChI=1S/C29H35ClN2O7/c1-3-28(6-5-7-28)13-32(4-2)12-15-10-18(33)21-17(23(15)30)9-14-8-16-11-19(34)22(27(31)38)26(37)29(16,39)25(36)20(14)24(21)35/h10,14,16,33,35,37,39H,3-9,11-13H2,1-2H3,(H2,31,38)/t14?,16-,29-/m0/s1. The number of rotatable bonds is 7. The minimum absolute atomic E-state index is 0.0166. The van der Waals surface area contributed by atoms with Crippen LogP contribution in [0.15, 0.2) is 23.0 Å². The molecule has 0 bridgehead atoms. The number of hydrogen-bond acceptors (Lipinski definition) is 8. The lowest BCUT2D eigenvalue weighted by molar-refractivity contribution is -0.147. The number of carbonyl (C=O) groups excluding carboxylic acids is 3. The molecule has 1 aromatic carbocycles. The van der Waals surface area contributed by atoms with E-state index >= 15 is 0 Å². The largest absolute Gasteiger partial charge is 0.508 e. The summed E-state index contributed by atoms with van der Waals surface area (Å²) in [4.78, 5) is 40.2. The van der Waals surface area contributed by atoms with Gasteiger partial charge in [0.05, 0.1) is 5.56 Å². The normalized spacial score (nSPS) is 27.7. The molecule has 3 atom stereocenters. The van der Waals surface area contributed by atoms with Gasteiger partial charge in [0.15, 0.2) is 11.4 Å². The zero-order chi connectivity index (χ0) is 28.4. The Kier molecular flexibility index (Phi) is 6.84. The van der Waals surface area contributed by atoms with Gasteiger partial charge in [0.1, 0.15) is 22.8 Å². The van der Waals surface area contributed by atoms with Crippen LogP contribution in [0.2, 0.25) is 5.02 Å². The predicted octanol–water partition coefficient (Wildman–Crippen LogP) is 3.48. The number of aromatic hydroxyl groups is 1. The SMILES string of the molecule is CCN(Cc1cc(O)c2c(c1Cl)CC1C[C@H]3CC(=O)C(C(N)=O)=C(O)[C@@]3(O)C(=O)C1=C2O)CC1(CC)CCC1. The maximum Gasteiger partial charge on any atom is 0.255 e. The molecule has 6 N–H and O–H groups in total. The van der Waals surface area contributed by atoms with Gasteiger partial charge in [-0.2, -0.15) is 0 Å². The summed E-state index contributed by atoms with van der Waals surface area (Å²) in [6.07, 6.45) is 4.64. The number of Topliss-reactive ketones (excluding diaryl/α,β-unsaturated/α-hetero) is 2. The van der Waals surface area contributed by atoms with Gasteiger partial charge >= 0.3 is 0 Å². The van der Waals surface area contributed by atoms with Gasteiger partial charge in [-0.1, -0.05) is 31.9 Å². The fourth-order valence-corrected chi connectivity index (χ4v) is 7.42. The van der Waals surface area contributed by atoms with E-state index in [-0.39, 0.29) is 36.1 Å². The first kappa shape index (κ1) is 27.7. The van der Waals surface area contributed by atoms with E-state index in [4.69, 9.17) is 17.3 Å². The quantitative estimate of drug-likeness (QED) is 0.318. The van der Waals surface area contributed by atoms with E-state index in [1.54, 1.807) is 0 Å². The number of fused-ring (bicyclic) bond motifs is 3. The van der Waals surface area contributed by atoms with Crippen LogP contribution in [-0.2, 0) is 27.3 Å². The van der Waals surface area contributed by atoms with E-state index in [9.17, 15) is 34.8 Å². The molecule has 0 aromatic heterocycles. The number of hydrogen-bond donors (Lipinski definition) is 5. The summed E-state index contributed by atoms with van der Waals surface area (Å²) in [5, 5.41) is 44.7. The van der Waals surface area contributed by atoms with Crippen molar-refractivity contribution in [3.63, 3.8) is 0 Å². The third kappa shape index (κ3) is 4.08. The van der Waals surface area contributed by atoms with Crippen LogP contribution in [-0.4, -0.2) is 61.5 Å². The first-order valence-corrected chi connectivity index (χ1v) is 14.0. The van der Waals surface area contributed by atoms with Crippen LogP contribution in [0.5, 0.6) is 5.75 Å². The Hall–Kier alpha value is -2.88. The van der Waals surface area contributed by atoms with E-state index in [1.807, 2.05) is 0 Å². The van der Waals surface area contributed by atoms with Crippen molar-refractivity contribution in [3.05, 3.63) is 44.7 Å². The number of phenolic OH excluding ortho intramolecular Hbond substituents is 1. The van der Waals surface area contributed by atoms with Crippen LogP contribution < -0.4 is 5.73 Å². The monoisotopic (exact) mass is 558 g/mol. The Morgan fingerprint density at radius 3 is 2.44 bits per heavy atom. The highest BCUT2D eigenvalue weighted by molar-refractivity contribution is 6.32. The molecule has 2 fully saturated rings. The van der Waals surface area contributed by atoms with Crippen LogP contribution >= 0.6 is 11.6 Å². The molecule has 1 unspecified atom stereocenters. The topological polar surface area (TPSA) is 161 Å². The van der Waals surface area contributed by atoms with Crippen molar-refractivity contribution >= 4 is 34.8 Å². The van der Waals surface area contributed by atoms with E-state index in [2.05, 4.69) is 18.7 Å². The maximum absolute atomic E-state index is 13.6. The van der Waals surface area contributed by atoms with Crippen molar-refractivity contribution in [3.8, 4) is 5.75 Å². The fraction of sp³-hybridized carbons (Fsp3) is 0.552. The van der Waals surface area contributed by atoms with Crippen molar-refractivity contribution in [2.24, 2.45) is 23.0 Å². The van der Waals surface area contributed by atoms with Gasteiger partial charge in [-0.25, -0.2) is 0 Å². The summed E-state index contributed by atoms with van der Waals surface area (Å²) in [7, 11) is 0. The van der Waals surface area contributed by atoms with Gasteiger partial charge in [-0.3, -0.25) is 19.3 Å². The maximum atomic E-state index is 13.6. The molecule has 2 saturated carbocycles. The molecule has 0 saturated heterocycles. The first-order valence-electron chi connectivity index (χ1n) is 13.6. The molecule has 5 rings (SSSR count). The average molecular weight is 559 g/mol. The van der Waals surface area contributed by atoms with Crippen molar-refractivity contribution in [2.75, 3.05) is 13.1 Å². The van der Waals surface area contributed by atoms with Crippen molar-refractivity contribution < 1.29 is 34.8 Å². The first-order chi connectivity index (χ1) is 18.4. The van der Waals surface area contributed by atoms with Crippen molar-refractivity contribution in [1.29, 1.82) is 0 Å². The Balaban J connectivity index is 1.54. The van der Waals surface area contributed by atoms with Gasteiger partial charge < -0.3 is 26.2 Å². The molecule has 4 aliphatic carbocycles. The van der Waals surface area contributed by atoms with Crippen molar-refractivity contribution in [2.45, 2.75) is 70.9 Å². The van der Waals surface area contributed by atoms with Gasteiger partial charge in [0.2, 0.25) is 5.78 Å². The second-order valence-electron chi connectivity index (χ2n) is 11.6. The summed E-state index contributed by atoms with van der Waals surface area (Å²) in [5.74, 6) is -6.48. The predicted molar refractivity (Wildman–Crippen MR) is 144 cm³/mol.